The van der Waals surface area contributed by atoms with E-state index < -0.39 is 10.0 Å². The Bertz CT molecular complexity index is 1740. The summed E-state index contributed by atoms with van der Waals surface area (Å²) >= 11 is 0. The fourth-order valence-electron chi connectivity index (χ4n) is 5.95. The number of pyridine rings is 2. The van der Waals surface area contributed by atoms with Gasteiger partial charge in [0.15, 0.2) is 0 Å². The first kappa shape index (κ1) is 28.6. The van der Waals surface area contributed by atoms with Crippen molar-refractivity contribution in [2.45, 2.75) is 51.1 Å². The van der Waals surface area contributed by atoms with Gasteiger partial charge in [0.2, 0.25) is 10.0 Å². The number of amides is 1. The Morgan fingerprint density at radius 1 is 1.17 bits per heavy atom. The smallest absolute Gasteiger partial charge is 0.256 e. The Morgan fingerprint density at radius 3 is 2.59 bits per heavy atom. The van der Waals surface area contributed by atoms with Crippen LogP contribution in [-0.4, -0.2) is 53.4 Å². The molecule has 2 N–H and O–H groups in total. The van der Waals surface area contributed by atoms with Gasteiger partial charge in [0.25, 0.3) is 11.5 Å². The number of rotatable bonds is 8. The van der Waals surface area contributed by atoms with Crippen molar-refractivity contribution in [1.82, 2.24) is 24.2 Å². The summed E-state index contributed by atoms with van der Waals surface area (Å²) in [4.78, 5) is 33.1. The van der Waals surface area contributed by atoms with Crippen molar-refractivity contribution < 1.29 is 17.9 Å². The standard InChI is InChI=1S/C30H35N5O5S/c1-19-16-27(40-4)25(29(36)33-19)18-32-30(37)28-21(3)35(26-10-6-5-9-24(26)28)20(2)22-11-14-34(15-12-22)41(38,39)23-8-7-13-31-17-23/h5-10,13,16-17,20,22H,11-12,14-15,18H2,1-4H3,(H,32,37)(H,33,36)/t20-/m1/s1. The molecule has 1 fully saturated rings. The summed E-state index contributed by atoms with van der Waals surface area (Å²) < 4.78 is 35.3. The molecule has 5 rings (SSSR count). The summed E-state index contributed by atoms with van der Waals surface area (Å²) in [5.41, 5.74) is 3.06. The number of piperidine rings is 1. The highest BCUT2D eigenvalue weighted by Gasteiger charge is 2.33. The quantitative estimate of drug-likeness (QED) is 0.327. The summed E-state index contributed by atoms with van der Waals surface area (Å²) in [5.74, 6) is 0.372. The number of aromatic nitrogens is 3. The third-order valence-corrected chi connectivity index (χ3v) is 10.0. The maximum atomic E-state index is 13.6. The fraction of sp³-hybridized carbons (Fsp3) is 0.367. The molecule has 11 heteroatoms. The minimum absolute atomic E-state index is 0.0238. The zero-order valence-corrected chi connectivity index (χ0v) is 24.5. The number of para-hydroxylation sites is 1. The van der Waals surface area contributed by atoms with Crippen LogP contribution in [0.2, 0.25) is 0 Å². The van der Waals surface area contributed by atoms with Crippen LogP contribution in [0.3, 0.4) is 0 Å². The lowest BCUT2D eigenvalue weighted by Gasteiger charge is -2.35. The summed E-state index contributed by atoms with van der Waals surface area (Å²) in [6, 6.07) is 12.8. The van der Waals surface area contributed by atoms with Gasteiger partial charge >= 0.3 is 0 Å². The highest BCUT2D eigenvalue weighted by atomic mass is 32.2. The molecule has 1 aliphatic heterocycles. The number of hydrogen-bond acceptors (Lipinski definition) is 6. The zero-order chi connectivity index (χ0) is 29.3. The Labute approximate surface area is 239 Å². The summed E-state index contributed by atoms with van der Waals surface area (Å²) in [7, 11) is -2.09. The van der Waals surface area contributed by atoms with E-state index in [9.17, 15) is 18.0 Å². The Morgan fingerprint density at radius 2 is 1.90 bits per heavy atom. The number of carbonyl (C=O) groups is 1. The summed E-state index contributed by atoms with van der Waals surface area (Å²) in [5, 5.41) is 3.75. The average molecular weight is 578 g/mol. The molecule has 0 unspecified atom stereocenters. The van der Waals surface area contributed by atoms with Gasteiger partial charge in [0.1, 0.15) is 10.6 Å². The first-order valence-electron chi connectivity index (χ1n) is 13.7. The Balaban J connectivity index is 1.37. The van der Waals surface area contributed by atoms with Crippen molar-refractivity contribution in [2.24, 2.45) is 5.92 Å². The molecule has 1 aliphatic rings. The SMILES string of the molecule is COc1cc(C)[nH]c(=O)c1CNC(=O)c1c(C)n([C@H](C)C2CCN(S(=O)(=O)c3cccnc3)CC2)c2ccccc12. The van der Waals surface area contributed by atoms with Gasteiger partial charge in [-0.15, -0.1) is 0 Å². The maximum Gasteiger partial charge on any atom is 0.256 e. The fourth-order valence-corrected chi connectivity index (χ4v) is 7.39. The number of fused-ring (bicyclic) bond motifs is 1. The average Bonchev–Trinajstić information content (AvgIpc) is 3.27. The molecule has 0 spiro atoms. The molecular weight excluding hydrogens is 542 g/mol. The van der Waals surface area contributed by atoms with E-state index in [4.69, 9.17) is 4.74 Å². The van der Waals surface area contributed by atoms with E-state index in [1.165, 1.54) is 17.6 Å². The van der Waals surface area contributed by atoms with Crippen LogP contribution in [0.25, 0.3) is 10.9 Å². The van der Waals surface area contributed by atoms with E-state index in [2.05, 4.69) is 26.8 Å². The van der Waals surface area contributed by atoms with Crippen molar-refractivity contribution in [3.8, 4) is 5.75 Å². The van der Waals surface area contributed by atoms with E-state index in [-0.39, 0.29) is 34.9 Å². The molecule has 4 aromatic rings. The number of hydrogen-bond donors (Lipinski definition) is 2. The number of sulfonamides is 1. The van der Waals surface area contributed by atoms with Crippen LogP contribution in [0.1, 0.15) is 53.1 Å². The zero-order valence-electron chi connectivity index (χ0n) is 23.7. The van der Waals surface area contributed by atoms with Crippen LogP contribution < -0.4 is 15.6 Å². The van der Waals surface area contributed by atoms with E-state index in [1.807, 2.05) is 31.2 Å². The minimum Gasteiger partial charge on any atom is -0.496 e. The number of carbonyl (C=O) groups excluding carboxylic acids is 1. The van der Waals surface area contributed by atoms with Gasteiger partial charge in [-0.2, -0.15) is 4.31 Å². The predicted octanol–water partition coefficient (Wildman–Crippen LogP) is 3.94. The largest absolute Gasteiger partial charge is 0.496 e. The number of aryl methyl sites for hydroxylation is 1. The lowest BCUT2D eigenvalue weighted by atomic mass is 9.91. The number of nitrogens with zero attached hydrogens (tertiary/aromatic N) is 3. The van der Waals surface area contributed by atoms with E-state index >= 15 is 0 Å². The molecule has 1 saturated heterocycles. The van der Waals surface area contributed by atoms with Crippen LogP contribution in [0.5, 0.6) is 5.75 Å². The van der Waals surface area contributed by atoms with Gasteiger partial charge in [0, 0.05) is 53.8 Å². The lowest BCUT2D eigenvalue weighted by Crippen LogP contribution is -2.40. The number of H-pyrrole nitrogens is 1. The highest BCUT2D eigenvalue weighted by molar-refractivity contribution is 7.89. The molecule has 1 aromatic carbocycles. The normalized spacial score (nSPS) is 15.6. The maximum absolute atomic E-state index is 13.6. The van der Waals surface area contributed by atoms with Gasteiger partial charge < -0.3 is 19.6 Å². The van der Waals surface area contributed by atoms with Gasteiger partial charge in [-0.1, -0.05) is 18.2 Å². The number of nitrogens with one attached hydrogen (secondary N) is 2. The van der Waals surface area contributed by atoms with E-state index in [1.54, 1.807) is 31.3 Å². The van der Waals surface area contributed by atoms with Crippen LogP contribution in [0.4, 0.5) is 0 Å². The molecule has 0 saturated carbocycles. The molecule has 10 nitrogen and oxygen atoms in total. The molecule has 0 radical (unpaired) electrons. The highest BCUT2D eigenvalue weighted by Crippen LogP contribution is 2.36. The molecule has 0 aliphatic carbocycles. The molecule has 1 atom stereocenters. The van der Waals surface area contributed by atoms with Crippen molar-refractivity contribution in [3.05, 3.63) is 87.7 Å². The van der Waals surface area contributed by atoms with Gasteiger partial charge in [-0.25, -0.2) is 8.42 Å². The topological polar surface area (TPSA) is 126 Å². The Hall–Kier alpha value is -3.96. The summed E-state index contributed by atoms with van der Waals surface area (Å²) in [6.45, 7) is 6.71. The molecule has 216 valence electrons. The summed E-state index contributed by atoms with van der Waals surface area (Å²) in [6.07, 6.45) is 4.34. The second-order valence-electron chi connectivity index (χ2n) is 10.5. The first-order chi connectivity index (χ1) is 19.6. The third-order valence-electron chi connectivity index (χ3n) is 8.12. The predicted molar refractivity (Wildman–Crippen MR) is 157 cm³/mol. The molecule has 1 amide bonds. The Kier molecular flexibility index (Phi) is 8.01. The first-order valence-corrected chi connectivity index (χ1v) is 15.1. The third kappa shape index (κ3) is 5.39. The van der Waals surface area contributed by atoms with E-state index in [0.717, 1.165) is 16.6 Å². The van der Waals surface area contributed by atoms with Crippen LogP contribution in [0.15, 0.2) is 64.5 Å². The van der Waals surface area contributed by atoms with Crippen molar-refractivity contribution >= 4 is 26.8 Å². The molecule has 3 aromatic heterocycles. The van der Waals surface area contributed by atoms with Gasteiger partial charge in [0.05, 0.1) is 24.8 Å². The lowest BCUT2D eigenvalue weighted by molar-refractivity contribution is 0.0951. The second-order valence-corrected chi connectivity index (χ2v) is 12.5. The number of methoxy groups -OCH3 is 1. The van der Waals surface area contributed by atoms with Crippen molar-refractivity contribution in [2.75, 3.05) is 20.2 Å². The second kappa shape index (κ2) is 11.5. The van der Waals surface area contributed by atoms with Crippen LogP contribution >= 0.6 is 0 Å². The number of aromatic amines is 1. The van der Waals surface area contributed by atoms with E-state index in [0.29, 0.717) is 48.5 Å². The van der Waals surface area contributed by atoms with Gasteiger partial charge in [-0.05, 0) is 63.8 Å². The van der Waals surface area contributed by atoms with Crippen molar-refractivity contribution in [1.29, 1.82) is 0 Å². The van der Waals surface area contributed by atoms with Crippen LogP contribution in [0, 0.1) is 19.8 Å². The molecule has 4 heterocycles. The number of ether oxygens (including phenoxy) is 1. The minimum atomic E-state index is -3.59. The van der Waals surface area contributed by atoms with Gasteiger partial charge in [-0.3, -0.25) is 14.6 Å². The molecule has 41 heavy (non-hydrogen) atoms. The monoisotopic (exact) mass is 577 g/mol. The molecular formula is C30H35N5O5S. The van der Waals surface area contributed by atoms with Crippen LogP contribution in [-0.2, 0) is 16.6 Å². The van der Waals surface area contributed by atoms with Crippen molar-refractivity contribution in [3.63, 3.8) is 0 Å². The molecule has 0 bridgehead atoms. The number of benzene rings is 1.